The summed E-state index contributed by atoms with van der Waals surface area (Å²) in [7, 11) is 0. The Labute approximate surface area is 109 Å². The number of aliphatic carboxylic acids is 1. The van der Waals surface area contributed by atoms with E-state index in [0.29, 0.717) is 14.5 Å². The van der Waals surface area contributed by atoms with Crippen LogP contribution >= 0.6 is 27.3 Å². The summed E-state index contributed by atoms with van der Waals surface area (Å²) in [5.41, 5.74) is 1.26. The predicted molar refractivity (Wildman–Crippen MR) is 66.5 cm³/mol. The Balaban J connectivity index is 2.34. The number of aromatic nitrogens is 1. The lowest BCUT2D eigenvalue weighted by atomic mass is 10.2. The van der Waals surface area contributed by atoms with Crippen LogP contribution in [0.4, 0.5) is 4.39 Å². The largest absolute Gasteiger partial charge is 0.481 e. The molecule has 0 radical (unpaired) electrons. The van der Waals surface area contributed by atoms with Gasteiger partial charge in [0.05, 0.1) is 15.9 Å². The number of benzene rings is 1. The highest BCUT2D eigenvalue weighted by molar-refractivity contribution is 9.11. The van der Waals surface area contributed by atoms with Gasteiger partial charge in [-0.3, -0.25) is 4.79 Å². The van der Waals surface area contributed by atoms with Gasteiger partial charge in [-0.05, 0) is 40.2 Å². The molecule has 1 heterocycles. The molecule has 0 spiro atoms. The molecule has 17 heavy (non-hydrogen) atoms. The topological polar surface area (TPSA) is 50.2 Å². The number of thiazole rings is 1. The van der Waals surface area contributed by atoms with Crippen LogP contribution < -0.4 is 0 Å². The van der Waals surface area contributed by atoms with E-state index >= 15 is 0 Å². The molecule has 6 heteroatoms. The van der Waals surface area contributed by atoms with Crippen molar-refractivity contribution in [1.29, 1.82) is 0 Å². The average Bonchev–Trinajstić information content (AvgIpc) is 2.60. The first kappa shape index (κ1) is 12.2. The quantitative estimate of drug-likeness (QED) is 0.945. The number of carboxylic acids is 1. The zero-order valence-corrected chi connectivity index (χ0v) is 10.9. The van der Waals surface area contributed by atoms with E-state index in [4.69, 9.17) is 5.11 Å². The lowest BCUT2D eigenvalue weighted by Crippen LogP contribution is -2.00. The van der Waals surface area contributed by atoms with E-state index in [0.717, 1.165) is 5.56 Å². The van der Waals surface area contributed by atoms with Crippen molar-refractivity contribution in [3.05, 3.63) is 39.6 Å². The third-order valence-corrected chi connectivity index (χ3v) is 3.94. The molecular weight excluding hydrogens is 309 g/mol. The molecule has 88 valence electrons. The molecule has 1 aromatic carbocycles. The summed E-state index contributed by atoms with van der Waals surface area (Å²) >= 11 is 4.61. The van der Waals surface area contributed by atoms with Crippen molar-refractivity contribution in [2.45, 2.75) is 6.42 Å². The van der Waals surface area contributed by atoms with Gasteiger partial charge in [0.2, 0.25) is 0 Å². The van der Waals surface area contributed by atoms with Gasteiger partial charge in [0.25, 0.3) is 0 Å². The maximum atomic E-state index is 12.8. The lowest BCUT2D eigenvalue weighted by molar-refractivity contribution is -0.136. The second-order valence-corrected chi connectivity index (χ2v) is 5.63. The molecule has 0 aliphatic heterocycles. The van der Waals surface area contributed by atoms with Crippen LogP contribution in [0.15, 0.2) is 28.1 Å². The minimum absolute atomic E-state index is 0.127. The molecule has 1 N–H and O–H groups in total. The normalized spacial score (nSPS) is 10.5. The summed E-state index contributed by atoms with van der Waals surface area (Å²) in [6.07, 6.45) is -0.127. The third-order valence-electron chi connectivity index (χ3n) is 2.06. The molecule has 0 aliphatic carbocycles. The maximum absolute atomic E-state index is 12.8. The molecule has 3 nitrogen and oxygen atoms in total. The van der Waals surface area contributed by atoms with Crippen LogP contribution in [0.25, 0.3) is 10.6 Å². The van der Waals surface area contributed by atoms with Gasteiger partial charge in [-0.15, -0.1) is 11.3 Å². The monoisotopic (exact) mass is 315 g/mol. The summed E-state index contributed by atoms with van der Waals surface area (Å²) < 4.78 is 13.4. The number of nitrogens with zero attached hydrogens (tertiary/aromatic N) is 1. The fraction of sp³-hybridized carbons (Fsp3) is 0.0909. The van der Waals surface area contributed by atoms with Crippen molar-refractivity contribution in [2.24, 2.45) is 0 Å². The minimum Gasteiger partial charge on any atom is -0.481 e. The van der Waals surface area contributed by atoms with E-state index in [2.05, 4.69) is 20.9 Å². The fourth-order valence-corrected chi connectivity index (χ4v) is 2.81. The van der Waals surface area contributed by atoms with Crippen molar-refractivity contribution in [3.8, 4) is 10.6 Å². The van der Waals surface area contributed by atoms with Gasteiger partial charge in [-0.1, -0.05) is 0 Å². The number of carboxylic acid groups (broad SMARTS) is 1. The Kier molecular flexibility index (Phi) is 3.54. The highest BCUT2D eigenvalue weighted by Gasteiger charge is 2.13. The molecule has 0 unspecified atom stereocenters. The van der Waals surface area contributed by atoms with Crippen LogP contribution in [-0.2, 0) is 11.2 Å². The molecule has 0 atom stereocenters. The van der Waals surface area contributed by atoms with Gasteiger partial charge < -0.3 is 5.11 Å². The van der Waals surface area contributed by atoms with E-state index < -0.39 is 5.97 Å². The van der Waals surface area contributed by atoms with Crippen LogP contribution in [0.5, 0.6) is 0 Å². The highest BCUT2D eigenvalue weighted by Crippen LogP contribution is 2.32. The van der Waals surface area contributed by atoms with E-state index in [1.165, 1.54) is 23.5 Å². The smallest absolute Gasteiger partial charge is 0.309 e. The van der Waals surface area contributed by atoms with Crippen molar-refractivity contribution < 1.29 is 14.3 Å². The van der Waals surface area contributed by atoms with Crippen molar-refractivity contribution in [2.75, 3.05) is 0 Å². The standard InChI is InChI=1S/C11H7BrFNO2S/c12-10-8(5-9(15)16)14-11(17-10)6-1-3-7(13)4-2-6/h1-4H,5H2,(H,15,16). The first-order valence-corrected chi connectivity index (χ1v) is 6.30. The molecule has 0 saturated heterocycles. The van der Waals surface area contributed by atoms with Gasteiger partial charge in [-0.25, -0.2) is 9.37 Å². The Morgan fingerprint density at radius 3 is 2.65 bits per heavy atom. The van der Waals surface area contributed by atoms with Gasteiger partial charge in [0.1, 0.15) is 10.8 Å². The Morgan fingerprint density at radius 2 is 2.06 bits per heavy atom. The maximum Gasteiger partial charge on any atom is 0.309 e. The molecule has 2 aromatic rings. The van der Waals surface area contributed by atoms with Crippen molar-refractivity contribution in [1.82, 2.24) is 4.98 Å². The van der Waals surface area contributed by atoms with E-state index in [1.807, 2.05) is 0 Å². The van der Waals surface area contributed by atoms with Gasteiger partial charge in [0.15, 0.2) is 0 Å². The van der Waals surface area contributed by atoms with Gasteiger partial charge in [0, 0.05) is 5.56 Å². The third kappa shape index (κ3) is 2.89. The van der Waals surface area contributed by atoms with Crippen LogP contribution in [0.3, 0.4) is 0 Å². The highest BCUT2D eigenvalue weighted by atomic mass is 79.9. The van der Waals surface area contributed by atoms with Crippen molar-refractivity contribution >= 4 is 33.2 Å². The second-order valence-electron chi connectivity index (χ2n) is 3.32. The Hall–Kier alpha value is -1.27. The Bertz CT molecular complexity index is 553. The average molecular weight is 316 g/mol. The van der Waals surface area contributed by atoms with Gasteiger partial charge in [-0.2, -0.15) is 0 Å². The zero-order chi connectivity index (χ0) is 12.4. The zero-order valence-electron chi connectivity index (χ0n) is 8.48. The summed E-state index contributed by atoms with van der Waals surface area (Å²) in [6, 6.07) is 5.93. The Morgan fingerprint density at radius 1 is 1.41 bits per heavy atom. The predicted octanol–water partition coefficient (Wildman–Crippen LogP) is 3.34. The molecule has 2 rings (SSSR count). The molecule has 0 saturated carbocycles. The van der Waals surface area contributed by atoms with E-state index in [-0.39, 0.29) is 12.2 Å². The fourth-order valence-electron chi connectivity index (χ4n) is 1.30. The number of halogens is 2. The minimum atomic E-state index is -0.929. The van der Waals surface area contributed by atoms with Crippen LogP contribution in [0, 0.1) is 5.82 Å². The van der Waals surface area contributed by atoms with Crippen LogP contribution in [0.2, 0.25) is 0 Å². The number of carbonyl (C=O) groups is 1. The SMILES string of the molecule is O=C(O)Cc1nc(-c2ccc(F)cc2)sc1Br. The summed E-state index contributed by atoms with van der Waals surface area (Å²) in [6.45, 7) is 0. The molecule has 0 fully saturated rings. The van der Waals surface area contributed by atoms with Gasteiger partial charge >= 0.3 is 5.97 Å². The number of rotatable bonds is 3. The summed E-state index contributed by atoms with van der Waals surface area (Å²) in [5.74, 6) is -1.24. The van der Waals surface area contributed by atoms with E-state index in [1.54, 1.807) is 12.1 Å². The molecule has 0 bridgehead atoms. The van der Waals surface area contributed by atoms with Crippen LogP contribution in [0.1, 0.15) is 5.69 Å². The second kappa shape index (κ2) is 4.93. The summed E-state index contributed by atoms with van der Waals surface area (Å²) in [5, 5.41) is 9.38. The lowest BCUT2D eigenvalue weighted by Gasteiger charge is -1.94. The molecule has 0 amide bonds. The molecule has 1 aromatic heterocycles. The first-order chi connectivity index (χ1) is 8.06. The van der Waals surface area contributed by atoms with Crippen molar-refractivity contribution in [3.63, 3.8) is 0 Å². The van der Waals surface area contributed by atoms with E-state index in [9.17, 15) is 9.18 Å². The van der Waals surface area contributed by atoms with Crippen LogP contribution in [-0.4, -0.2) is 16.1 Å². The number of hydrogen-bond donors (Lipinski definition) is 1. The first-order valence-electron chi connectivity index (χ1n) is 4.69. The molecule has 0 aliphatic rings. The summed E-state index contributed by atoms with van der Waals surface area (Å²) in [4.78, 5) is 14.8. The molecular formula is C11H7BrFNO2S. The number of hydrogen-bond acceptors (Lipinski definition) is 3.